The van der Waals surface area contributed by atoms with Crippen LogP contribution in [0.25, 0.3) is 0 Å². The van der Waals surface area contributed by atoms with Crippen LogP contribution in [0.4, 0.5) is 0 Å². The lowest BCUT2D eigenvalue weighted by atomic mass is 9.94. The molecule has 0 aromatic rings. The molecule has 1 rings (SSSR count). The zero-order valence-electron chi connectivity index (χ0n) is 6.30. The minimum atomic E-state index is -0.487. The van der Waals surface area contributed by atoms with Crippen LogP contribution < -0.4 is 0 Å². The van der Waals surface area contributed by atoms with Gasteiger partial charge in [-0.05, 0) is 19.8 Å². The summed E-state index contributed by atoms with van der Waals surface area (Å²) in [4.78, 5) is 1.91. The molecule has 10 heavy (non-hydrogen) atoms. The molecule has 0 aromatic carbocycles. The van der Waals surface area contributed by atoms with Gasteiger partial charge in [-0.15, -0.1) is 0 Å². The van der Waals surface area contributed by atoms with Crippen molar-refractivity contribution in [1.29, 1.82) is 5.41 Å². The van der Waals surface area contributed by atoms with Crippen LogP contribution in [0.2, 0.25) is 0 Å². The zero-order chi connectivity index (χ0) is 7.61. The third-order valence-corrected chi connectivity index (χ3v) is 2.06. The van der Waals surface area contributed by atoms with E-state index in [9.17, 15) is 5.11 Å². The smallest absolute Gasteiger partial charge is 0.0817 e. The van der Waals surface area contributed by atoms with Crippen LogP contribution in [0.3, 0.4) is 0 Å². The lowest BCUT2D eigenvalue weighted by Gasteiger charge is -2.34. The molecule has 0 atom stereocenters. The number of hydrogen-bond acceptors (Lipinski definition) is 2. The first-order valence-electron chi connectivity index (χ1n) is 3.61. The van der Waals surface area contributed by atoms with Crippen molar-refractivity contribution < 1.29 is 5.11 Å². The normalized spacial score (nSPS) is 24.4. The maximum absolute atomic E-state index is 9.49. The van der Waals surface area contributed by atoms with Gasteiger partial charge in [0.25, 0.3) is 0 Å². The van der Waals surface area contributed by atoms with Gasteiger partial charge in [0, 0.05) is 13.1 Å². The average Bonchev–Trinajstić information content (AvgIpc) is 1.88. The van der Waals surface area contributed by atoms with Crippen molar-refractivity contribution in [2.45, 2.75) is 25.4 Å². The molecule has 0 radical (unpaired) electrons. The van der Waals surface area contributed by atoms with E-state index in [-0.39, 0.29) is 0 Å². The van der Waals surface area contributed by atoms with Gasteiger partial charge in [0.2, 0.25) is 0 Å². The van der Waals surface area contributed by atoms with Gasteiger partial charge in [-0.3, -0.25) is 5.41 Å². The number of hydrogen-bond donors (Lipinski definition) is 2. The molecule has 1 aliphatic rings. The van der Waals surface area contributed by atoms with Crippen molar-refractivity contribution in [1.82, 2.24) is 4.90 Å². The van der Waals surface area contributed by atoms with Gasteiger partial charge in [0.1, 0.15) is 0 Å². The molecule has 0 amide bonds. The Kier molecular flexibility index (Phi) is 1.94. The maximum Gasteiger partial charge on any atom is 0.0817 e. The Morgan fingerprint density at radius 2 is 2.00 bits per heavy atom. The van der Waals surface area contributed by atoms with Crippen molar-refractivity contribution >= 4 is 6.34 Å². The van der Waals surface area contributed by atoms with Crippen LogP contribution in [-0.2, 0) is 0 Å². The van der Waals surface area contributed by atoms with Gasteiger partial charge in [0.05, 0.1) is 11.9 Å². The molecular formula is C7H14N2O. The monoisotopic (exact) mass is 142 g/mol. The maximum atomic E-state index is 9.49. The number of likely N-dealkylation sites (tertiary alicyclic amines) is 1. The van der Waals surface area contributed by atoms with Crippen molar-refractivity contribution in [3.8, 4) is 0 Å². The lowest BCUT2D eigenvalue weighted by Crippen LogP contribution is -2.41. The molecule has 1 aliphatic heterocycles. The van der Waals surface area contributed by atoms with Gasteiger partial charge >= 0.3 is 0 Å². The minimum absolute atomic E-state index is 0.487. The number of aliphatic hydroxyl groups is 1. The third kappa shape index (κ3) is 1.70. The first kappa shape index (κ1) is 7.54. The molecule has 0 bridgehead atoms. The fourth-order valence-corrected chi connectivity index (χ4v) is 1.13. The number of rotatable bonds is 1. The standard InChI is InChI=1S/C7H14N2O/c1-7(10)2-4-9(6-8)5-3-7/h6,8,10H,2-5H2,1H3. The van der Waals surface area contributed by atoms with Crippen LogP contribution >= 0.6 is 0 Å². The fraction of sp³-hybridized carbons (Fsp3) is 0.857. The predicted octanol–water partition coefficient (Wildman–Crippen LogP) is 0.440. The summed E-state index contributed by atoms with van der Waals surface area (Å²) >= 11 is 0. The molecule has 0 saturated carbocycles. The predicted molar refractivity (Wildman–Crippen MR) is 40.2 cm³/mol. The van der Waals surface area contributed by atoms with Crippen LogP contribution in [0, 0.1) is 5.41 Å². The zero-order valence-corrected chi connectivity index (χ0v) is 6.30. The second-order valence-electron chi connectivity index (χ2n) is 3.16. The van der Waals surface area contributed by atoms with E-state index in [1.807, 2.05) is 11.8 Å². The number of nitrogens with zero attached hydrogens (tertiary/aromatic N) is 1. The quantitative estimate of drug-likeness (QED) is 0.412. The van der Waals surface area contributed by atoms with E-state index in [4.69, 9.17) is 5.41 Å². The first-order chi connectivity index (χ1) is 4.64. The van der Waals surface area contributed by atoms with Crippen LogP contribution in [0.15, 0.2) is 0 Å². The molecule has 1 saturated heterocycles. The van der Waals surface area contributed by atoms with E-state index in [1.54, 1.807) is 0 Å². The van der Waals surface area contributed by atoms with Gasteiger partial charge in [-0.25, -0.2) is 0 Å². The highest BCUT2D eigenvalue weighted by atomic mass is 16.3. The highest BCUT2D eigenvalue weighted by molar-refractivity contribution is 5.50. The summed E-state index contributed by atoms with van der Waals surface area (Å²) < 4.78 is 0. The minimum Gasteiger partial charge on any atom is -0.390 e. The second-order valence-corrected chi connectivity index (χ2v) is 3.16. The Morgan fingerprint density at radius 1 is 1.50 bits per heavy atom. The van der Waals surface area contributed by atoms with Crippen molar-refractivity contribution in [3.63, 3.8) is 0 Å². The first-order valence-corrected chi connectivity index (χ1v) is 3.61. The summed E-state index contributed by atoms with van der Waals surface area (Å²) in [6, 6.07) is 0. The number of nitrogens with one attached hydrogen (secondary N) is 1. The molecule has 0 unspecified atom stereocenters. The van der Waals surface area contributed by atoms with Gasteiger partial charge in [-0.1, -0.05) is 0 Å². The Hall–Kier alpha value is -0.570. The summed E-state index contributed by atoms with van der Waals surface area (Å²) in [5.41, 5.74) is -0.487. The second kappa shape index (κ2) is 2.58. The van der Waals surface area contributed by atoms with Gasteiger partial charge in [-0.2, -0.15) is 0 Å². The Balaban J connectivity index is 2.38. The van der Waals surface area contributed by atoms with Crippen LogP contribution in [-0.4, -0.2) is 35.0 Å². The Labute approximate surface area is 61.2 Å². The summed E-state index contributed by atoms with van der Waals surface area (Å²) in [5.74, 6) is 0. The molecule has 1 fully saturated rings. The summed E-state index contributed by atoms with van der Waals surface area (Å²) in [6.07, 6.45) is 2.90. The average molecular weight is 142 g/mol. The molecule has 0 aromatic heterocycles. The van der Waals surface area contributed by atoms with E-state index in [0.29, 0.717) is 0 Å². The Morgan fingerprint density at radius 3 is 2.40 bits per heavy atom. The van der Waals surface area contributed by atoms with E-state index in [2.05, 4.69) is 0 Å². The molecule has 3 nitrogen and oxygen atoms in total. The van der Waals surface area contributed by atoms with Crippen LogP contribution in [0.1, 0.15) is 19.8 Å². The molecule has 2 N–H and O–H groups in total. The topological polar surface area (TPSA) is 47.3 Å². The molecule has 3 heteroatoms. The van der Waals surface area contributed by atoms with E-state index >= 15 is 0 Å². The molecular weight excluding hydrogens is 128 g/mol. The Bertz CT molecular complexity index is 124. The molecule has 1 heterocycles. The van der Waals surface area contributed by atoms with Crippen molar-refractivity contribution in [2.75, 3.05) is 13.1 Å². The van der Waals surface area contributed by atoms with Crippen molar-refractivity contribution in [3.05, 3.63) is 0 Å². The van der Waals surface area contributed by atoms with E-state index in [1.165, 1.54) is 6.34 Å². The molecule has 58 valence electrons. The van der Waals surface area contributed by atoms with Gasteiger partial charge in [0.15, 0.2) is 0 Å². The van der Waals surface area contributed by atoms with Crippen LogP contribution in [0.5, 0.6) is 0 Å². The van der Waals surface area contributed by atoms with Gasteiger partial charge < -0.3 is 10.0 Å². The molecule has 0 aliphatic carbocycles. The fourth-order valence-electron chi connectivity index (χ4n) is 1.13. The van der Waals surface area contributed by atoms with E-state index in [0.717, 1.165) is 25.9 Å². The highest BCUT2D eigenvalue weighted by Crippen LogP contribution is 2.19. The highest BCUT2D eigenvalue weighted by Gasteiger charge is 2.25. The summed E-state index contributed by atoms with van der Waals surface area (Å²) in [7, 11) is 0. The SMILES string of the molecule is CC1(O)CCN(C=N)CC1. The van der Waals surface area contributed by atoms with Crippen molar-refractivity contribution in [2.24, 2.45) is 0 Å². The lowest BCUT2D eigenvalue weighted by molar-refractivity contribution is 0.0107. The summed E-state index contributed by atoms with van der Waals surface area (Å²) in [6.45, 7) is 3.49. The summed E-state index contributed by atoms with van der Waals surface area (Å²) in [5, 5.41) is 16.4. The molecule has 0 spiro atoms. The number of piperidine rings is 1. The van der Waals surface area contributed by atoms with E-state index < -0.39 is 5.60 Å². The third-order valence-electron chi connectivity index (χ3n) is 2.06. The largest absolute Gasteiger partial charge is 0.390 e.